The third-order valence-electron chi connectivity index (χ3n) is 6.82. The summed E-state index contributed by atoms with van der Waals surface area (Å²) in [4.78, 5) is 42.0. The maximum atomic E-state index is 13.0. The molecule has 1 aromatic carbocycles. The highest BCUT2D eigenvalue weighted by Crippen LogP contribution is 2.52. The smallest absolute Gasteiger partial charge is 0.326 e. The van der Waals surface area contributed by atoms with Crippen LogP contribution in [-0.4, -0.2) is 39.2 Å². The number of nitrogens with one attached hydrogen (secondary N) is 1. The van der Waals surface area contributed by atoms with Gasteiger partial charge in [-0.1, -0.05) is 26.0 Å². The Morgan fingerprint density at radius 3 is 2.41 bits per heavy atom. The molecule has 0 spiro atoms. The Balaban J connectivity index is 1.45. The van der Waals surface area contributed by atoms with Gasteiger partial charge in [-0.25, -0.2) is 4.79 Å². The summed E-state index contributed by atoms with van der Waals surface area (Å²) >= 11 is 0. The molecule has 1 amide bonds. The van der Waals surface area contributed by atoms with E-state index in [0.29, 0.717) is 19.5 Å². The number of piperidine rings is 1. The summed E-state index contributed by atoms with van der Waals surface area (Å²) in [6.45, 7) is 7.00. The Hall–Kier alpha value is -2.37. The van der Waals surface area contributed by atoms with Gasteiger partial charge in [-0.05, 0) is 43.7 Å². The van der Waals surface area contributed by atoms with E-state index in [1.165, 1.54) is 0 Å². The maximum absolute atomic E-state index is 13.0. The molecule has 1 saturated carbocycles. The minimum Gasteiger partial charge on any atom is -0.342 e. The summed E-state index contributed by atoms with van der Waals surface area (Å²) in [5, 5.41) is 0. The normalized spacial score (nSPS) is 25.4. The fraction of sp³-hybridized carbons (Fsp3) is 0.571. The minimum absolute atomic E-state index is 0.00575. The van der Waals surface area contributed by atoms with Gasteiger partial charge in [0.15, 0.2) is 0 Å². The third kappa shape index (κ3) is 2.82. The Bertz CT molecular complexity index is 947. The molecule has 27 heavy (non-hydrogen) atoms. The summed E-state index contributed by atoms with van der Waals surface area (Å²) in [5.74, 6) is 0.274. The van der Waals surface area contributed by atoms with Crippen LogP contribution < -0.4 is 5.69 Å². The van der Waals surface area contributed by atoms with Crippen LogP contribution in [-0.2, 0) is 9.59 Å². The van der Waals surface area contributed by atoms with Crippen molar-refractivity contribution in [3.8, 4) is 0 Å². The molecule has 1 N–H and O–H groups in total. The van der Waals surface area contributed by atoms with Gasteiger partial charge in [-0.15, -0.1) is 0 Å². The average Bonchev–Trinajstić information content (AvgIpc) is 2.96. The van der Waals surface area contributed by atoms with E-state index < -0.39 is 0 Å². The lowest BCUT2D eigenvalue weighted by Gasteiger charge is -2.51. The zero-order valence-electron chi connectivity index (χ0n) is 16.2. The van der Waals surface area contributed by atoms with Crippen LogP contribution in [0.2, 0.25) is 0 Å². The summed E-state index contributed by atoms with van der Waals surface area (Å²) in [7, 11) is 0. The number of benzene rings is 1. The molecule has 2 aromatic rings. The highest BCUT2D eigenvalue weighted by molar-refractivity contribution is 5.87. The number of H-pyrrole nitrogens is 1. The number of rotatable bonds is 3. The number of nitrogens with zero attached hydrogens (tertiary/aromatic N) is 2. The number of Topliss-reactive ketones (excluding diaryl/α,β-unsaturated/α-hetero) is 1. The van der Waals surface area contributed by atoms with Crippen molar-refractivity contribution in [1.29, 1.82) is 0 Å². The van der Waals surface area contributed by atoms with Gasteiger partial charge < -0.3 is 9.88 Å². The van der Waals surface area contributed by atoms with Crippen LogP contribution >= 0.6 is 0 Å². The Labute approximate surface area is 158 Å². The van der Waals surface area contributed by atoms with Crippen LogP contribution in [0.15, 0.2) is 29.1 Å². The number of fused-ring (bicyclic) bond motifs is 1. The van der Waals surface area contributed by atoms with Gasteiger partial charge >= 0.3 is 5.69 Å². The van der Waals surface area contributed by atoms with E-state index in [1.807, 2.05) is 47.6 Å². The first-order valence-corrected chi connectivity index (χ1v) is 9.79. The van der Waals surface area contributed by atoms with Crippen LogP contribution in [0.5, 0.6) is 0 Å². The molecule has 2 aliphatic rings. The van der Waals surface area contributed by atoms with Crippen molar-refractivity contribution in [3.63, 3.8) is 0 Å². The summed E-state index contributed by atoms with van der Waals surface area (Å²) in [6.07, 6.45) is 2.22. The molecule has 0 unspecified atom stereocenters. The first kappa shape index (κ1) is 18.0. The minimum atomic E-state index is -0.256. The number of hydrogen-bond donors (Lipinski definition) is 1. The van der Waals surface area contributed by atoms with E-state index in [9.17, 15) is 14.4 Å². The van der Waals surface area contributed by atoms with Crippen LogP contribution in [0.1, 0.15) is 46.1 Å². The largest absolute Gasteiger partial charge is 0.342 e. The van der Waals surface area contributed by atoms with Gasteiger partial charge in [-0.3, -0.25) is 14.2 Å². The number of carbonyl (C=O) groups is 2. The van der Waals surface area contributed by atoms with Crippen molar-refractivity contribution in [3.05, 3.63) is 34.7 Å². The van der Waals surface area contributed by atoms with Crippen LogP contribution in [0, 0.1) is 17.3 Å². The van der Waals surface area contributed by atoms with E-state index in [2.05, 4.69) is 4.98 Å². The first-order chi connectivity index (χ1) is 12.8. The third-order valence-corrected chi connectivity index (χ3v) is 6.82. The standard InChI is InChI=1S/C21H27N3O3/c1-13(25)15-12-16(21(15,2)3)19(26)23-10-8-14(9-11-23)24-18-7-5-4-6-17(18)22-20(24)27/h4-7,14-16H,8-12H2,1-3H3,(H,22,27)/t15-,16+/m1/s1. The molecule has 0 radical (unpaired) electrons. The lowest BCUT2D eigenvalue weighted by atomic mass is 9.53. The van der Waals surface area contributed by atoms with Crippen LogP contribution in [0.4, 0.5) is 0 Å². The zero-order chi connectivity index (χ0) is 19.3. The second-order valence-corrected chi connectivity index (χ2v) is 8.65. The number of aromatic amines is 1. The van der Waals surface area contributed by atoms with Gasteiger partial charge in [0.25, 0.3) is 0 Å². The van der Waals surface area contributed by atoms with Gasteiger partial charge in [0, 0.05) is 31.0 Å². The van der Waals surface area contributed by atoms with Gasteiger partial charge in [0.1, 0.15) is 5.78 Å². The van der Waals surface area contributed by atoms with Crippen molar-refractivity contribution in [2.75, 3.05) is 13.1 Å². The molecule has 2 fully saturated rings. The molecule has 144 valence electrons. The number of para-hydroxylation sites is 2. The summed E-state index contributed by atoms with van der Waals surface area (Å²) in [6, 6.07) is 7.84. The molecule has 1 aromatic heterocycles. The molecule has 1 aliphatic heterocycles. The van der Waals surface area contributed by atoms with Crippen molar-refractivity contribution < 1.29 is 9.59 Å². The van der Waals surface area contributed by atoms with Gasteiger partial charge in [-0.2, -0.15) is 0 Å². The molecule has 6 heteroatoms. The second kappa shape index (κ2) is 6.36. The Morgan fingerprint density at radius 1 is 1.11 bits per heavy atom. The molecular weight excluding hydrogens is 342 g/mol. The highest BCUT2D eigenvalue weighted by atomic mass is 16.2. The molecule has 2 heterocycles. The Morgan fingerprint density at radius 2 is 1.78 bits per heavy atom. The van der Waals surface area contributed by atoms with E-state index >= 15 is 0 Å². The van der Waals surface area contributed by atoms with E-state index in [0.717, 1.165) is 23.9 Å². The molecule has 6 nitrogen and oxygen atoms in total. The second-order valence-electron chi connectivity index (χ2n) is 8.65. The highest BCUT2D eigenvalue weighted by Gasteiger charge is 2.54. The summed E-state index contributed by atoms with van der Waals surface area (Å²) in [5.41, 5.74) is 1.45. The number of carbonyl (C=O) groups excluding carboxylic acids is 2. The maximum Gasteiger partial charge on any atom is 0.326 e. The van der Waals surface area contributed by atoms with Gasteiger partial charge in [0.2, 0.25) is 5.91 Å². The van der Waals surface area contributed by atoms with E-state index in [1.54, 1.807) is 6.92 Å². The van der Waals surface area contributed by atoms with Crippen LogP contribution in [0.25, 0.3) is 11.0 Å². The quantitative estimate of drug-likeness (QED) is 0.904. The SMILES string of the molecule is CC(=O)[C@H]1C[C@@H](C(=O)N2CCC(n3c(=O)[nH]c4ccccc43)CC2)C1(C)C. The fourth-order valence-electron chi connectivity index (χ4n) is 5.04. The number of aromatic nitrogens is 2. The topological polar surface area (TPSA) is 75.2 Å². The average molecular weight is 369 g/mol. The Kier molecular flexibility index (Phi) is 4.24. The number of imidazole rings is 1. The van der Waals surface area contributed by atoms with Crippen molar-refractivity contribution in [1.82, 2.24) is 14.5 Å². The summed E-state index contributed by atoms with van der Waals surface area (Å²) < 4.78 is 1.84. The lowest BCUT2D eigenvalue weighted by Crippen LogP contribution is -2.56. The zero-order valence-corrected chi connectivity index (χ0v) is 16.2. The predicted octanol–water partition coefficient (Wildman–Crippen LogP) is 2.74. The first-order valence-electron chi connectivity index (χ1n) is 9.79. The molecule has 1 saturated heterocycles. The molecule has 1 aliphatic carbocycles. The lowest BCUT2D eigenvalue weighted by molar-refractivity contribution is -0.157. The number of hydrogen-bond acceptors (Lipinski definition) is 3. The molecular formula is C21H27N3O3. The molecule has 2 atom stereocenters. The van der Waals surface area contributed by atoms with Crippen molar-refractivity contribution in [2.45, 2.75) is 46.1 Å². The van der Waals surface area contributed by atoms with Crippen molar-refractivity contribution >= 4 is 22.7 Å². The van der Waals surface area contributed by atoms with E-state index in [-0.39, 0.29) is 40.7 Å². The predicted molar refractivity (Wildman–Crippen MR) is 103 cm³/mol. The van der Waals surface area contributed by atoms with Crippen LogP contribution in [0.3, 0.4) is 0 Å². The number of ketones is 1. The van der Waals surface area contributed by atoms with Gasteiger partial charge in [0.05, 0.1) is 11.0 Å². The number of likely N-dealkylation sites (tertiary alicyclic amines) is 1. The fourth-order valence-corrected chi connectivity index (χ4v) is 5.04. The molecule has 0 bridgehead atoms. The van der Waals surface area contributed by atoms with Crippen molar-refractivity contribution in [2.24, 2.45) is 17.3 Å². The monoisotopic (exact) mass is 369 g/mol. The molecule has 4 rings (SSSR count). The number of amides is 1. The van der Waals surface area contributed by atoms with E-state index in [4.69, 9.17) is 0 Å².